The third kappa shape index (κ3) is 6.74. The van der Waals surface area contributed by atoms with Crippen molar-refractivity contribution in [3.8, 4) is 0 Å². The van der Waals surface area contributed by atoms with Crippen molar-refractivity contribution in [3.63, 3.8) is 0 Å². The van der Waals surface area contributed by atoms with E-state index in [4.69, 9.17) is 0 Å². The van der Waals surface area contributed by atoms with Crippen LogP contribution in [0.3, 0.4) is 0 Å². The molecule has 6 nitrogen and oxygen atoms in total. The van der Waals surface area contributed by atoms with Gasteiger partial charge in [0, 0.05) is 29.9 Å². The van der Waals surface area contributed by atoms with Crippen molar-refractivity contribution in [1.29, 1.82) is 0 Å². The number of nitrogens with zero attached hydrogens (tertiary/aromatic N) is 1. The van der Waals surface area contributed by atoms with Gasteiger partial charge in [-0.2, -0.15) is 0 Å². The molecule has 1 aliphatic rings. The predicted molar refractivity (Wildman–Crippen MR) is 101 cm³/mol. The number of hydrogen-bond acceptors (Lipinski definition) is 3. The fourth-order valence-corrected chi connectivity index (χ4v) is 2.64. The van der Waals surface area contributed by atoms with Gasteiger partial charge in [0.1, 0.15) is 0 Å². The first-order valence-electron chi connectivity index (χ1n) is 8.97. The van der Waals surface area contributed by atoms with E-state index in [9.17, 15) is 9.59 Å². The van der Waals surface area contributed by atoms with Gasteiger partial charge >= 0.3 is 6.03 Å². The molecule has 0 radical (unpaired) electrons. The molecule has 3 N–H and O–H groups in total. The van der Waals surface area contributed by atoms with Crippen LogP contribution >= 0.6 is 0 Å². The Labute approximate surface area is 150 Å². The van der Waals surface area contributed by atoms with Crippen LogP contribution in [0.2, 0.25) is 0 Å². The van der Waals surface area contributed by atoms with Crippen LogP contribution in [0.25, 0.3) is 0 Å². The van der Waals surface area contributed by atoms with Crippen molar-refractivity contribution in [2.24, 2.45) is 5.92 Å². The zero-order valence-corrected chi connectivity index (χ0v) is 15.6. The molecule has 1 fully saturated rings. The van der Waals surface area contributed by atoms with E-state index in [-0.39, 0.29) is 11.9 Å². The van der Waals surface area contributed by atoms with Crippen LogP contribution in [0.4, 0.5) is 10.5 Å². The zero-order valence-electron chi connectivity index (χ0n) is 15.6. The van der Waals surface area contributed by atoms with Gasteiger partial charge < -0.3 is 20.9 Å². The third-order valence-electron chi connectivity index (χ3n) is 4.27. The van der Waals surface area contributed by atoms with Gasteiger partial charge in [0.25, 0.3) is 5.91 Å². The van der Waals surface area contributed by atoms with Crippen LogP contribution in [0.5, 0.6) is 0 Å². The minimum absolute atomic E-state index is 0.0869. The highest BCUT2D eigenvalue weighted by atomic mass is 16.2. The predicted octanol–water partition coefficient (Wildman–Crippen LogP) is 2.68. The third-order valence-corrected chi connectivity index (χ3v) is 4.27. The smallest absolute Gasteiger partial charge is 0.319 e. The highest BCUT2D eigenvalue weighted by molar-refractivity contribution is 5.97. The quantitative estimate of drug-likeness (QED) is 0.677. The van der Waals surface area contributed by atoms with Crippen LogP contribution < -0.4 is 16.0 Å². The van der Waals surface area contributed by atoms with Crippen molar-refractivity contribution < 1.29 is 9.59 Å². The average molecular weight is 346 g/mol. The number of nitrogens with one attached hydrogen (secondary N) is 3. The number of hydrogen-bond donors (Lipinski definition) is 3. The second-order valence-electron chi connectivity index (χ2n) is 7.41. The largest absolute Gasteiger partial charge is 0.349 e. The summed E-state index contributed by atoms with van der Waals surface area (Å²) in [5, 5.41) is 8.67. The number of amides is 3. The molecule has 6 heteroatoms. The molecule has 0 bridgehead atoms. The second-order valence-corrected chi connectivity index (χ2v) is 7.41. The number of carbonyl (C=O) groups excluding carboxylic acids is 2. The van der Waals surface area contributed by atoms with E-state index in [2.05, 4.69) is 34.7 Å². The molecule has 1 saturated carbocycles. The standard InChI is InChI=1S/C19H30N4O2/c1-13(2)10-17(23(3)4)12-20-19(25)22-16-7-5-6-14(11-16)18(24)21-15-8-9-15/h5-7,11,13,15,17H,8-10,12H2,1-4H3,(H,21,24)(H2,20,22,25)/t17-/m1/s1. The van der Waals surface area contributed by atoms with E-state index in [1.54, 1.807) is 24.3 Å². The Kier molecular flexibility index (Phi) is 6.82. The molecule has 1 atom stereocenters. The molecular weight excluding hydrogens is 316 g/mol. The van der Waals surface area contributed by atoms with Gasteiger partial charge in [0.15, 0.2) is 0 Å². The Morgan fingerprint density at radius 3 is 2.56 bits per heavy atom. The summed E-state index contributed by atoms with van der Waals surface area (Å²) in [5.74, 6) is 0.482. The summed E-state index contributed by atoms with van der Waals surface area (Å²) in [6, 6.07) is 7.37. The average Bonchev–Trinajstić information content (AvgIpc) is 3.35. The first kappa shape index (κ1) is 19.2. The Bertz CT molecular complexity index is 597. The summed E-state index contributed by atoms with van der Waals surface area (Å²) < 4.78 is 0. The lowest BCUT2D eigenvalue weighted by Crippen LogP contribution is -2.42. The SMILES string of the molecule is CC(C)C[C@H](CNC(=O)Nc1cccc(C(=O)NC2CC2)c1)N(C)C. The van der Waals surface area contributed by atoms with Crippen molar-refractivity contribution in [1.82, 2.24) is 15.5 Å². The van der Waals surface area contributed by atoms with Gasteiger partial charge in [-0.1, -0.05) is 19.9 Å². The molecule has 0 spiro atoms. The Hall–Kier alpha value is -2.08. The van der Waals surface area contributed by atoms with Gasteiger partial charge in [0.05, 0.1) is 0 Å². The molecule has 0 aromatic heterocycles. The minimum Gasteiger partial charge on any atom is -0.349 e. The molecule has 1 aliphatic carbocycles. The van der Waals surface area contributed by atoms with Crippen LogP contribution in [-0.4, -0.2) is 49.6 Å². The van der Waals surface area contributed by atoms with E-state index in [0.29, 0.717) is 35.8 Å². The molecule has 1 aromatic carbocycles. The number of rotatable bonds is 8. The number of carbonyl (C=O) groups is 2. The number of benzene rings is 1. The highest BCUT2D eigenvalue weighted by Crippen LogP contribution is 2.20. The summed E-state index contributed by atoms with van der Waals surface area (Å²) in [7, 11) is 4.04. The lowest BCUT2D eigenvalue weighted by atomic mass is 10.0. The Morgan fingerprint density at radius 1 is 1.24 bits per heavy atom. The van der Waals surface area contributed by atoms with Crippen LogP contribution in [-0.2, 0) is 0 Å². The molecule has 138 valence electrons. The van der Waals surface area contributed by atoms with Crippen LogP contribution in [0, 0.1) is 5.92 Å². The van der Waals surface area contributed by atoms with Crippen LogP contribution in [0.1, 0.15) is 43.5 Å². The molecule has 0 heterocycles. The first-order valence-corrected chi connectivity index (χ1v) is 8.97. The molecule has 3 amide bonds. The number of urea groups is 1. The summed E-state index contributed by atoms with van der Waals surface area (Å²) in [6.45, 7) is 4.93. The normalized spacial score (nSPS) is 15.1. The minimum atomic E-state index is -0.254. The first-order chi connectivity index (χ1) is 11.8. The fraction of sp³-hybridized carbons (Fsp3) is 0.579. The van der Waals surface area contributed by atoms with Crippen molar-refractivity contribution in [2.75, 3.05) is 26.0 Å². The molecule has 0 aliphatic heterocycles. The van der Waals surface area contributed by atoms with E-state index < -0.39 is 0 Å². The monoisotopic (exact) mass is 346 g/mol. The topological polar surface area (TPSA) is 73.5 Å². The van der Waals surface area contributed by atoms with E-state index in [1.807, 2.05) is 14.1 Å². The van der Waals surface area contributed by atoms with Gasteiger partial charge in [-0.3, -0.25) is 4.79 Å². The van der Waals surface area contributed by atoms with E-state index in [1.165, 1.54) is 0 Å². The lowest BCUT2D eigenvalue weighted by Gasteiger charge is -2.26. The Morgan fingerprint density at radius 2 is 1.96 bits per heavy atom. The molecule has 1 aromatic rings. The summed E-state index contributed by atoms with van der Waals surface area (Å²) in [4.78, 5) is 26.4. The molecule has 0 saturated heterocycles. The molecular formula is C19H30N4O2. The zero-order chi connectivity index (χ0) is 18.4. The van der Waals surface area contributed by atoms with E-state index >= 15 is 0 Å². The number of anilines is 1. The van der Waals surface area contributed by atoms with Gasteiger partial charge in [0.2, 0.25) is 0 Å². The van der Waals surface area contributed by atoms with Gasteiger partial charge in [-0.25, -0.2) is 4.79 Å². The highest BCUT2D eigenvalue weighted by Gasteiger charge is 2.23. The maximum absolute atomic E-state index is 12.2. The lowest BCUT2D eigenvalue weighted by molar-refractivity contribution is 0.0951. The van der Waals surface area contributed by atoms with Crippen molar-refractivity contribution in [3.05, 3.63) is 29.8 Å². The maximum Gasteiger partial charge on any atom is 0.319 e. The maximum atomic E-state index is 12.2. The Balaban J connectivity index is 1.86. The summed E-state index contributed by atoms with van der Waals surface area (Å²) in [6.07, 6.45) is 3.12. The van der Waals surface area contributed by atoms with Crippen LogP contribution in [0.15, 0.2) is 24.3 Å². The van der Waals surface area contributed by atoms with Crippen molar-refractivity contribution >= 4 is 17.6 Å². The van der Waals surface area contributed by atoms with Crippen molar-refractivity contribution in [2.45, 2.75) is 45.2 Å². The number of likely N-dealkylation sites (N-methyl/N-ethyl adjacent to an activating group) is 1. The summed E-state index contributed by atoms with van der Waals surface area (Å²) >= 11 is 0. The molecule has 0 unspecified atom stereocenters. The molecule has 2 rings (SSSR count). The van der Waals surface area contributed by atoms with E-state index in [0.717, 1.165) is 19.3 Å². The van der Waals surface area contributed by atoms with Gasteiger partial charge in [-0.15, -0.1) is 0 Å². The summed E-state index contributed by atoms with van der Waals surface area (Å²) in [5.41, 5.74) is 1.18. The van der Waals surface area contributed by atoms with Gasteiger partial charge in [-0.05, 0) is 57.5 Å². The second kappa shape index (κ2) is 8.85. The molecule has 25 heavy (non-hydrogen) atoms. The fourth-order valence-electron chi connectivity index (χ4n) is 2.64.